The first-order chi connectivity index (χ1) is 16.4. The first kappa shape index (κ1) is 22.8. The molecule has 7 heteroatoms. The molecule has 0 spiro atoms. The molecular formula is C27H26ClN3O2S. The van der Waals surface area contributed by atoms with Crippen molar-refractivity contribution in [2.24, 2.45) is 0 Å². The van der Waals surface area contributed by atoms with Crippen LogP contribution in [-0.4, -0.2) is 43.0 Å². The fourth-order valence-corrected chi connectivity index (χ4v) is 5.73. The van der Waals surface area contributed by atoms with Crippen LogP contribution in [-0.2, 0) is 4.79 Å². The van der Waals surface area contributed by atoms with Gasteiger partial charge in [0.2, 0.25) is 5.91 Å². The van der Waals surface area contributed by atoms with Crippen molar-refractivity contribution in [1.29, 1.82) is 0 Å². The van der Waals surface area contributed by atoms with Gasteiger partial charge in [0.1, 0.15) is 11.5 Å². The second kappa shape index (κ2) is 9.37. The topological polar surface area (TPSA) is 45.7 Å². The molecule has 1 aliphatic rings. The van der Waals surface area contributed by atoms with Gasteiger partial charge in [0.05, 0.1) is 21.2 Å². The lowest BCUT2D eigenvalue weighted by Crippen LogP contribution is -2.38. The number of aryl methyl sites for hydroxylation is 1. The number of fused-ring (bicyclic) bond motifs is 3. The van der Waals surface area contributed by atoms with Crippen LogP contribution in [0.1, 0.15) is 29.0 Å². The highest BCUT2D eigenvalue weighted by atomic mass is 35.5. The van der Waals surface area contributed by atoms with Crippen LogP contribution in [0.15, 0.2) is 60.7 Å². The van der Waals surface area contributed by atoms with E-state index in [0.29, 0.717) is 16.7 Å². The average Bonchev–Trinajstić information content (AvgIpc) is 3.28. The molecule has 0 atom stereocenters. The number of anilines is 1. The number of benzene rings is 3. The standard InChI is InChI=1S/C27H26ClN3O2S/c1-17-13-14-20(28)25-24(17)29-27(34-25)31(16-8-15-30(2)3)26(32)23-18-9-4-6-11-21(18)33-22-12-7-5-10-19(22)23/h4-7,9-14,23H,8,15-16H2,1-3H3. The summed E-state index contributed by atoms with van der Waals surface area (Å²) in [7, 11) is 4.08. The Hall–Kier alpha value is -2.93. The normalized spacial score (nSPS) is 13.0. The fraction of sp³-hybridized carbons (Fsp3) is 0.259. The minimum absolute atomic E-state index is 0.00483. The van der Waals surface area contributed by atoms with Gasteiger partial charge in [-0.2, -0.15) is 0 Å². The average molecular weight is 492 g/mol. The summed E-state index contributed by atoms with van der Waals surface area (Å²) in [5, 5.41) is 1.34. The zero-order chi connectivity index (χ0) is 23.8. The number of hydrogen-bond acceptors (Lipinski definition) is 5. The SMILES string of the molecule is Cc1ccc(Cl)c2sc(N(CCCN(C)C)C(=O)C3c4ccccc4Oc4ccccc43)nc12. The first-order valence-electron chi connectivity index (χ1n) is 11.3. The van der Waals surface area contributed by atoms with Gasteiger partial charge in [-0.25, -0.2) is 4.98 Å². The van der Waals surface area contributed by atoms with E-state index in [-0.39, 0.29) is 5.91 Å². The van der Waals surface area contributed by atoms with Gasteiger partial charge in [-0.3, -0.25) is 9.69 Å². The van der Waals surface area contributed by atoms with E-state index in [9.17, 15) is 4.79 Å². The number of hydrogen-bond donors (Lipinski definition) is 0. The summed E-state index contributed by atoms with van der Waals surface area (Å²) in [4.78, 5) is 23.2. The van der Waals surface area contributed by atoms with E-state index < -0.39 is 5.92 Å². The minimum Gasteiger partial charge on any atom is -0.457 e. The van der Waals surface area contributed by atoms with E-state index in [0.717, 1.165) is 51.4 Å². The second-order valence-corrected chi connectivity index (χ2v) is 10.2. The molecule has 1 aliphatic heterocycles. The maximum atomic E-state index is 14.3. The summed E-state index contributed by atoms with van der Waals surface area (Å²) in [6.45, 7) is 3.45. The number of carbonyl (C=O) groups is 1. The zero-order valence-electron chi connectivity index (χ0n) is 19.4. The maximum Gasteiger partial charge on any atom is 0.241 e. The van der Waals surface area contributed by atoms with Crippen molar-refractivity contribution < 1.29 is 9.53 Å². The van der Waals surface area contributed by atoms with Gasteiger partial charge in [-0.1, -0.05) is 65.4 Å². The molecule has 0 radical (unpaired) electrons. The Morgan fingerprint density at radius 3 is 2.26 bits per heavy atom. The molecular weight excluding hydrogens is 466 g/mol. The molecule has 34 heavy (non-hydrogen) atoms. The first-order valence-corrected chi connectivity index (χ1v) is 12.5. The molecule has 1 amide bonds. The Balaban J connectivity index is 1.61. The highest BCUT2D eigenvalue weighted by Crippen LogP contribution is 2.46. The molecule has 3 aromatic carbocycles. The third-order valence-electron chi connectivity index (χ3n) is 6.10. The number of para-hydroxylation sites is 2. The number of amides is 1. The van der Waals surface area contributed by atoms with Crippen LogP contribution in [0.2, 0.25) is 5.02 Å². The van der Waals surface area contributed by atoms with Crippen molar-refractivity contribution in [1.82, 2.24) is 9.88 Å². The third kappa shape index (κ3) is 4.17. The summed E-state index contributed by atoms with van der Waals surface area (Å²) in [6.07, 6.45) is 0.827. The predicted octanol–water partition coefficient (Wildman–Crippen LogP) is 6.48. The van der Waals surface area contributed by atoms with Crippen LogP contribution in [0.3, 0.4) is 0 Å². The van der Waals surface area contributed by atoms with Crippen LogP contribution in [0.5, 0.6) is 11.5 Å². The van der Waals surface area contributed by atoms with Crippen molar-refractivity contribution in [3.8, 4) is 11.5 Å². The van der Waals surface area contributed by atoms with Crippen molar-refractivity contribution in [3.63, 3.8) is 0 Å². The van der Waals surface area contributed by atoms with Crippen LogP contribution in [0.4, 0.5) is 5.13 Å². The molecule has 4 aromatic rings. The molecule has 0 saturated carbocycles. The molecule has 5 nitrogen and oxygen atoms in total. The Kier molecular flexibility index (Phi) is 6.30. The molecule has 0 saturated heterocycles. The van der Waals surface area contributed by atoms with Gasteiger partial charge in [0.15, 0.2) is 5.13 Å². The third-order valence-corrected chi connectivity index (χ3v) is 7.64. The molecule has 174 valence electrons. The summed E-state index contributed by atoms with van der Waals surface area (Å²) in [5.74, 6) is 0.964. The van der Waals surface area contributed by atoms with E-state index in [2.05, 4.69) is 4.90 Å². The minimum atomic E-state index is -0.468. The fourth-order valence-electron chi connectivity index (χ4n) is 4.38. The van der Waals surface area contributed by atoms with Crippen LogP contribution in [0.25, 0.3) is 10.2 Å². The second-order valence-electron chi connectivity index (χ2n) is 8.80. The van der Waals surface area contributed by atoms with Crippen molar-refractivity contribution in [2.75, 3.05) is 32.1 Å². The summed E-state index contributed by atoms with van der Waals surface area (Å²) < 4.78 is 7.04. The number of halogens is 1. The van der Waals surface area contributed by atoms with Gasteiger partial charge in [-0.05, 0) is 57.7 Å². The monoisotopic (exact) mass is 491 g/mol. The van der Waals surface area contributed by atoms with Gasteiger partial charge in [0, 0.05) is 17.7 Å². The molecule has 0 fully saturated rings. The van der Waals surface area contributed by atoms with Crippen LogP contribution < -0.4 is 9.64 Å². The highest BCUT2D eigenvalue weighted by Gasteiger charge is 2.36. The molecule has 2 heterocycles. The van der Waals surface area contributed by atoms with E-state index in [1.807, 2.05) is 86.6 Å². The smallest absolute Gasteiger partial charge is 0.241 e. The van der Waals surface area contributed by atoms with Crippen molar-refractivity contribution in [2.45, 2.75) is 19.3 Å². The number of ether oxygens (including phenoxy) is 1. The lowest BCUT2D eigenvalue weighted by Gasteiger charge is -2.31. The molecule has 1 aromatic heterocycles. The number of carbonyl (C=O) groups excluding carboxylic acids is 1. The molecule has 5 rings (SSSR count). The highest BCUT2D eigenvalue weighted by molar-refractivity contribution is 7.23. The van der Waals surface area contributed by atoms with E-state index in [4.69, 9.17) is 21.3 Å². The van der Waals surface area contributed by atoms with E-state index in [1.165, 1.54) is 11.3 Å². The predicted molar refractivity (Wildman–Crippen MR) is 140 cm³/mol. The maximum absolute atomic E-state index is 14.3. The van der Waals surface area contributed by atoms with Crippen molar-refractivity contribution >= 4 is 44.2 Å². The largest absolute Gasteiger partial charge is 0.457 e. The summed E-state index contributed by atoms with van der Waals surface area (Å²) in [5.41, 5.74) is 3.65. The van der Waals surface area contributed by atoms with Crippen LogP contribution in [0, 0.1) is 6.92 Å². The molecule has 0 unspecified atom stereocenters. The Labute approximate surface area is 208 Å². The van der Waals surface area contributed by atoms with Crippen molar-refractivity contribution in [3.05, 3.63) is 82.4 Å². The number of thiazole rings is 1. The lowest BCUT2D eigenvalue weighted by molar-refractivity contribution is -0.119. The summed E-state index contributed by atoms with van der Waals surface area (Å²) >= 11 is 7.98. The van der Waals surface area contributed by atoms with Gasteiger partial charge in [0.25, 0.3) is 0 Å². The van der Waals surface area contributed by atoms with E-state index >= 15 is 0 Å². The van der Waals surface area contributed by atoms with E-state index in [1.54, 1.807) is 0 Å². The number of rotatable bonds is 6. The Morgan fingerprint density at radius 2 is 1.65 bits per heavy atom. The Bertz CT molecular complexity index is 1280. The molecule has 0 bridgehead atoms. The van der Waals surface area contributed by atoms with Gasteiger partial charge >= 0.3 is 0 Å². The zero-order valence-corrected chi connectivity index (χ0v) is 21.0. The quantitative estimate of drug-likeness (QED) is 0.309. The number of aromatic nitrogens is 1. The molecule has 0 aliphatic carbocycles. The van der Waals surface area contributed by atoms with Crippen LogP contribution >= 0.6 is 22.9 Å². The Morgan fingerprint density at radius 1 is 1.00 bits per heavy atom. The van der Waals surface area contributed by atoms with Gasteiger partial charge < -0.3 is 9.64 Å². The number of nitrogens with zero attached hydrogens (tertiary/aromatic N) is 3. The molecule has 0 N–H and O–H groups in total. The summed E-state index contributed by atoms with van der Waals surface area (Å²) in [6, 6.07) is 19.4. The van der Waals surface area contributed by atoms with Gasteiger partial charge in [-0.15, -0.1) is 0 Å². The lowest BCUT2D eigenvalue weighted by atomic mass is 9.87.